The van der Waals surface area contributed by atoms with Gasteiger partial charge in [0.05, 0.1) is 6.20 Å². The molecule has 88 valence electrons. The summed E-state index contributed by atoms with van der Waals surface area (Å²) in [7, 11) is 0. The average Bonchev–Trinajstić information content (AvgIpc) is 2.94. The minimum atomic E-state index is 1.07. The van der Waals surface area contributed by atoms with Crippen LogP contribution in [0.5, 0.6) is 0 Å². The van der Waals surface area contributed by atoms with E-state index in [1.165, 1.54) is 11.1 Å². The lowest BCUT2D eigenvalue weighted by atomic mass is 10.0. The van der Waals surface area contributed by atoms with E-state index in [2.05, 4.69) is 68.6 Å². The number of aromatic amines is 1. The summed E-state index contributed by atoms with van der Waals surface area (Å²) in [4.78, 5) is 0. The summed E-state index contributed by atoms with van der Waals surface area (Å²) in [5, 5.41) is 6.84. The van der Waals surface area contributed by atoms with Gasteiger partial charge < -0.3 is 0 Å². The number of rotatable bonds is 2. The fourth-order valence-electron chi connectivity index (χ4n) is 1.95. The number of benzene rings is 2. The highest BCUT2D eigenvalue weighted by Crippen LogP contribution is 2.32. The lowest BCUT2D eigenvalue weighted by molar-refractivity contribution is 1.09. The zero-order chi connectivity index (χ0) is 12.4. The topological polar surface area (TPSA) is 28.7 Å². The van der Waals surface area contributed by atoms with E-state index in [4.69, 9.17) is 0 Å². The standard InChI is InChI=1S/C15H11BrN2/c16-15-7-6-12(11-4-2-1-3-5-11)8-14(15)13-9-17-18-10-13/h1-10H,(H,17,18). The Hall–Kier alpha value is -1.87. The van der Waals surface area contributed by atoms with Gasteiger partial charge in [-0.25, -0.2) is 0 Å². The SMILES string of the molecule is Brc1ccc(-c2ccccc2)cc1-c1cn[nH]c1. The van der Waals surface area contributed by atoms with E-state index in [1.807, 2.05) is 18.5 Å². The van der Waals surface area contributed by atoms with E-state index in [0.717, 1.165) is 15.6 Å². The second-order valence-corrected chi connectivity index (χ2v) is 4.90. The van der Waals surface area contributed by atoms with Gasteiger partial charge in [0, 0.05) is 16.2 Å². The van der Waals surface area contributed by atoms with Crippen LogP contribution in [0.3, 0.4) is 0 Å². The zero-order valence-electron chi connectivity index (χ0n) is 9.60. The molecule has 0 unspecified atom stereocenters. The van der Waals surface area contributed by atoms with Gasteiger partial charge in [-0.3, -0.25) is 5.10 Å². The molecule has 0 aliphatic carbocycles. The van der Waals surface area contributed by atoms with Crippen LogP contribution in [-0.4, -0.2) is 10.2 Å². The van der Waals surface area contributed by atoms with Crippen molar-refractivity contribution in [2.24, 2.45) is 0 Å². The number of hydrogen-bond acceptors (Lipinski definition) is 1. The lowest BCUT2D eigenvalue weighted by Crippen LogP contribution is -1.81. The average molecular weight is 299 g/mol. The highest BCUT2D eigenvalue weighted by Gasteiger charge is 2.06. The lowest BCUT2D eigenvalue weighted by Gasteiger charge is -2.06. The monoisotopic (exact) mass is 298 g/mol. The quantitative estimate of drug-likeness (QED) is 0.741. The van der Waals surface area contributed by atoms with Gasteiger partial charge in [-0.2, -0.15) is 5.10 Å². The Morgan fingerprint density at radius 2 is 1.72 bits per heavy atom. The molecule has 0 saturated carbocycles. The van der Waals surface area contributed by atoms with Gasteiger partial charge in [-0.05, 0) is 28.8 Å². The van der Waals surface area contributed by atoms with Gasteiger partial charge in [-0.15, -0.1) is 0 Å². The number of hydrogen-bond donors (Lipinski definition) is 1. The molecule has 0 radical (unpaired) electrons. The molecule has 3 aromatic rings. The third-order valence-corrected chi connectivity index (χ3v) is 3.57. The van der Waals surface area contributed by atoms with Crippen molar-refractivity contribution in [2.45, 2.75) is 0 Å². The van der Waals surface area contributed by atoms with E-state index in [0.29, 0.717) is 0 Å². The second kappa shape index (κ2) is 4.78. The predicted octanol–water partition coefficient (Wildman–Crippen LogP) is 4.51. The molecule has 1 N–H and O–H groups in total. The Labute approximate surface area is 114 Å². The third-order valence-electron chi connectivity index (χ3n) is 2.88. The molecule has 0 aliphatic heterocycles. The summed E-state index contributed by atoms with van der Waals surface area (Å²) in [6.07, 6.45) is 3.73. The molecule has 0 aliphatic rings. The molecule has 0 amide bonds. The molecule has 0 atom stereocenters. The van der Waals surface area contributed by atoms with Crippen molar-refractivity contribution in [1.29, 1.82) is 0 Å². The van der Waals surface area contributed by atoms with Gasteiger partial charge in [0.1, 0.15) is 0 Å². The molecule has 3 heteroatoms. The van der Waals surface area contributed by atoms with E-state index < -0.39 is 0 Å². The largest absolute Gasteiger partial charge is 0.285 e. The minimum absolute atomic E-state index is 1.07. The van der Waals surface area contributed by atoms with Crippen LogP contribution in [0.1, 0.15) is 0 Å². The van der Waals surface area contributed by atoms with Crippen LogP contribution in [0.15, 0.2) is 65.4 Å². The molecule has 1 aromatic heterocycles. The highest BCUT2D eigenvalue weighted by atomic mass is 79.9. The van der Waals surface area contributed by atoms with Crippen molar-refractivity contribution in [3.05, 3.63) is 65.4 Å². The van der Waals surface area contributed by atoms with Crippen molar-refractivity contribution in [3.8, 4) is 22.3 Å². The molecule has 0 fully saturated rings. The number of aromatic nitrogens is 2. The Bertz CT molecular complexity index is 646. The molecule has 2 nitrogen and oxygen atoms in total. The number of nitrogens with zero attached hydrogens (tertiary/aromatic N) is 1. The Kier molecular flexibility index (Phi) is 2.99. The maximum Gasteiger partial charge on any atom is 0.0566 e. The summed E-state index contributed by atoms with van der Waals surface area (Å²) >= 11 is 3.58. The summed E-state index contributed by atoms with van der Waals surface area (Å²) in [6.45, 7) is 0. The number of H-pyrrole nitrogens is 1. The molecule has 2 aromatic carbocycles. The predicted molar refractivity (Wildman–Crippen MR) is 77.2 cm³/mol. The van der Waals surface area contributed by atoms with E-state index in [-0.39, 0.29) is 0 Å². The van der Waals surface area contributed by atoms with Gasteiger partial charge in [0.15, 0.2) is 0 Å². The first kappa shape index (κ1) is 11.2. The summed E-state index contributed by atoms with van der Waals surface area (Å²) < 4.78 is 1.07. The fraction of sp³-hybridized carbons (Fsp3) is 0. The van der Waals surface area contributed by atoms with Crippen LogP contribution in [0.2, 0.25) is 0 Å². The fourth-order valence-corrected chi connectivity index (χ4v) is 2.43. The van der Waals surface area contributed by atoms with Gasteiger partial charge in [0.25, 0.3) is 0 Å². The van der Waals surface area contributed by atoms with Crippen molar-refractivity contribution >= 4 is 15.9 Å². The maximum absolute atomic E-state index is 4.00. The number of nitrogens with one attached hydrogen (secondary N) is 1. The smallest absolute Gasteiger partial charge is 0.0566 e. The molecule has 18 heavy (non-hydrogen) atoms. The van der Waals surface area contributed by atoms with Gasteiger partial charge in [0.2, 0.25) is 0 Å². The highest BCUT2D eigenvalue weighted by molar-refractivity contribution is 9.10. The summed E-state index contributed by atoms with van der Waals surface area (Å²) in [6, 6.07) is 16.7. The van der Waals surface area contributed by atoms with Gasteiger partial charge >= 0.3 is 0 Å². The van der Waals surface area contributed by atoms with Crippen LogP contribution in [-0.2, 0) is 0 Å². The third kappa shape index (κ3) is 2.09. The molecular weight excluding hydrogens is 288 g/mol. The van der Waals surface area contributed by atoms with E-state index in [1.54, 1.807) is 0 Å². The summed E-state index contributed by atoms with van der Waals surface area (Å²) in [5.74, 6) is 0. The van der Waals surface area contributed by atoms with Crippen molar-refractivity contribution in [2.75, 3.05) is 0 Å². The van der Waals surface area contributed by atoms with E-state index >= 15 is 0 Å². The summed E-state index contributed by atoms with van der Waals surface area (Å²) in [5.41, 5.74) is 4.65. The van der Waals surface area contributed by atoms with Crippen molar-refractivity contribution in [1.82, 2.24) is 10.2 Å². The van der Waals surface area contributed by atoms with Crippen molar-refractivity contribution in [3.63, 3.8) is 0 Å². The minimum Gasteiger partial charge on any atom is -0.285 e. The Morgan fingerprint density at radius 1 is 0.889 bits per heavy atom. The van der Waals surface area contributed by atoms with Crippen LogP contribution in [0.25, 0.3) is 22.3 Å². The molecule has 0 saturated heterocycles. The number of halogens is 1. The van der Waals surface area contributed by atoms with Crippen LogP contribution >= 0.6 is 15.9 Å². The molecular formula is C15H11BrN2. The van der Waals surface area contributed by atoms with Crippen molar-refractivity contribution < 1.29 is 0 Å². The molecule has 1 heterocycles. The Balaban J connectivity index is 2.12. The first-order valence-corrected chi connectivity index (χ1v) is 6.48. The van der Waals surface area contributed by atoms with Crippen LogP contribution in [0, 0.1) is 0 Å². The second-order valence-electron chi connectivity index (χ2n) is 4.05. The first-order valence-electron chi connectivity index (χ1n) is 5.69. The molecule has 3 rings (SSSR count). The normalized spacial score (nSPS) is 10.5. The maximum atomic E-state index is 4.00. The molecule has 0 spiro atoms. The van der Waals surface area contributed by atoms with Crippen LogP contribution in [0.4, 0.5) is 0 Å². The van der Waals surface area contributed by atoms with Gasteiger partial charge in [-0.1, -0.05) is 52.3 Å². The van der Waals surface area contributed by atoms with Crippen LogP contribution < -0.4 is 0 Å². The first-order chi connectivity index (χ1) is 8.84. The van der Waals surface area contributed by atoms with E-state index in [9.17, 15) is 0 Å². The Morgan fingerprint density at radius 3 is 2.44 bits per heavy atom. The molecule has 0 bridgehead atoms. The zero-order valence-corrected chi connectivity index (χ0v) is 11.2.